The van der Waals surface area contributed by atoms with Gasteiger partial charge < -0.3 is 10.4 Å². The minimum absolute atomic E-state index is 0.102. The molecule has 8 heteroatoms. The summed E-state index contributed by atoms with van der Waals surface area (Å²) in [6.45, 7) is 7.96. The number of aliphatic carboxylic acids is 1. The molecule has 0 spiro atoms. The lowest BCUT2D eigenvalue weighted by Gasteiger charge is -2.19. The van der Waals surface area contributed by atoms with Crippen molar-refractivity contribution in [3.05, 3.63) is 29.8 Å². The van der Waals surface area contributed by atoms with Crippen LogP contribution in [0.25, 0.3) is 0 Å². The van der Waals surface area contributed by atoms with E-state index in [9.17, 15) is 23.1 Å². The summed E-state index contributed by atoms with van der Waals surface area (Å²) in [5, 5.41) is 11.7. The predicted octanol–water partition coefficient (Wildman–Crippen LogP) is 1.95. The highest BCUT2D eigenvalue weighted by molar-refractivity contribution is 7.89. The smallest absolute Gasteiger partial charge is 0.326 e. The Labute approximate surface area is 149 Å². The van der Waals surface area contributed by atoms with Crippen LogP contribution in [0.5, 0.6) is 0 Å². The first-order chi connectivity index (χ1) is 11.6. The fourth-order valence-corrected chi connectivity index (χ4v) is 3.88. The highest BCUT2D eigenvalue weighted by atomic mass is 32.2. The Morgan fingerprint density at radius 3 is 2.04 bits per heavy atom. The molecule has 2 N–H and O–H groups in total. The first-order valence-corrected chi connectivity index (χ1v) is 9.71. The molecule has 0 saturated heterocycles. The summed E-state index contributed by atoms with van der Waals surface area (Å²) < 4.78 is 26.1. The van der Waals surface area contributed by atoms with Gasteiger partial charge >= 0.3 is 5.97 Å². The van der Waals surface area contributed by atoms with Crippen molar-refractivity contribution in [2.45, 2.75) is 45.1 Å². The molecular weight excluding hydrogens is 344 g/mol. The third-order valence-electron chi connectivity index (χ3n) is 3.77. The quantitative estimate of drug-likeness (QED) is 0.691. The maximum atomic E-state index is 12.4. The van der Waals surface area contributed by atoms with E-state index < -0.39 is 27.9 Å². The lowest BCUT2D eigenvalue weighted by atomic mass is 10.0. The second-order valence-corrected chi connectivity index (χ2v) is 8.05. The summed E-state index contributed by atoms with van der Waals surface area (Å²) in [5.74, 6) is -1.52. The number of nitrogens with one attached hydrogen (secondary N) is 1. The van der Waals surface area contributed by atoms with Crippen molar-refractivity contribution in [3.63, 3.8) is 0 Å². The van der Waals surface area contributed by atoms with Gasteiger partial charge in [-0.2, -0.15) is 4.31 Å². The Morgan fingerprint density at radius 1 is 1.12 bits per heavy atom. The summed E-state index contributed by atoms with van der Waals surface area (Å²) in [7, 11) is -3.59. The molecule has 0 fully saturated rings. The second kappa shape index (κ2) is 8.96. The lowest BCUT2D eigenvalue weighted by molar-refractivity contribution is -0.139. The van der Waals surface area contributed by atoms with Gasteiger partial charge in [-0.1, -0.05) is 27.7 Å². The van der Waals surface area contributed by atoms with Gasteiger partial charge in [0.1, 0.15) is 6.04 Å². The normalized spacial score (nSPS) is 13.0. The van der Waals surface area contributed by atoms with Crippen LogP contribution in [0.2, 0.25) is 0 Å². The van der Waals surface area contributed by atoms with Gasteiger partial charge in [-0.3, -0.25) is 4.79 Å². The van der Waals surface area contributed by atoms with Gasteiger partial charge in [0.15, 0.2) is 0 Å². The van der Waals surface area contributed by atoms with E-state index in [0.29, 0.717) is 19.5 Å². The number of carboxylic acids is 1. The molecule has 1 amide bonds. The first kappa shape index (κ1) is 21.1. The molecular formula is C17H26N2O5S. The van der Waals surface area contributed by atoms with Crippen LogP contribution in [0.3, 0.4) is 0 Å². The van der Waals surface area contributed by atoms with Crippen molar-refractivity contribution < 1.29 is 23.1 Å². The van der Waals surface area contributed by atoms with Gasteiger partial charge in [0.05, 0.1) is 4.90 Å². The van der Waals surface area contributed by atoms with Crippen LogP contribution >= 0.6 is 0 Å². The van der Waals surface area contributed by atoms with Crippen LogP contribution in [0.4, 0.5) is 0 Å². The SMILES string of the molecule is CCN(CC)S(=O)(=O)c1ccc(C(=O)N[C@@H](CC(C)C)C(=O)O)cc1. The van der Waals surface area contributed by atoms with Crippen LogP contribution in [0.15, 0.2) is 29.2 Å². The number of carbonyl (C=O) groups excluding carboxylic acids is 1. The van der Waals surface area contributed by atoms with E-state index in [0.717, 1.165) is 0 Å². The third kappa shape index (κ3) is 5.54. The molecule has 0 heterocycles. The molecule has 0 saturated carbocycles. The molecule has 0 aliphatic rings. The van der Waals surface area contributed by atoms with Gasteiger partial charge in [-0.05, 0) is 36.6 Å². The van der Waals surface area contributed by atoms with E-state index >= 15 is 0 Å². The summed E-state index contributed by atoms with van der Waals surface area (Å²) in [4.78, 5) is 23.5. The number of rotatable bonds is 9. The van der Waals surface area contributed by atoms with Crippen molar-refractivity contribution in [3.8, 4) is 0 Å². The van der Waals surface area contributed by atoms with Gasteiger partial charge in [0, 0.05) is 18.7 Å². The monoisotopic (exact) mass is 370 g/mol. The van der Waals surface area contributed by atoms with Crippen LogP contribution in [-0.4, -0.2) is 48.8 Å². The molecule has 0 radical (unpaired) electrons. The highest BCUT2D eigenvalue weighted by Gasteiger charge is 2.24. The number of hydrogen-bond acceptors (Lipinski definition) is 4. The van der Waals surface area contributed by atoms with Crippen molar-refractivity contribution in [2.75, 3.05) is 13.1 Å². The Bertz CT molecular complexity index is 694. The van der Waals surface area contributed by atoms with Crippen LogP contribution < -0.4 is 5.32 Å². The molecule has 25 heavy (non-hydrogen) atoms. The van der Waals surface area contributed by atoms with Gasteiger partial charge in [0.25, 0.3) is 5.91 Å². The maximum absolute atomic E-state index is 12.4. The number of nitrogens with zero attached hydrogens (tertiary/aromatic N) is 1. The molecule has 0 bridgehead atoms. The molecule has 1 aromatic carbocycles. The van der Waals surface area contributed by atoms with Crippen LogP contribution in [0, 0.1) is 5.92 Å². The van der Waals surface area contributed by atoms with Crippen LogP contribution in [0.1, 0.15) is 44.5 Å². The molecule has 1 atom stereocenters. The van der Waals surface area contributed by atoms with Crippen molar-refractivity contribution in [2.24, 2.45) is 5.92 Å². The van der Waals surface area contributed by atoms with Gasteiger partial charge in [-0.15, -0.1) is 0 Å². The standard InChI is InChI=1S/C17H26N2O5S/c1-5-19(6-2)25(23,24)14-9-7-13(8-10-14)16(20)18-15(17(21)22)11-12(3)4/h7-10,12,15H,5-6,11H2,1-4H3,(H,18,20)(H,21,22)/t15-/m0/s1. The van der Waals surface area contributed by atoms with E-state index in [-0.39, 0.29) is 16.4 Å². The average molecular weight is 370 g/mol. The molecule has 1 rings (SSSR count). The maximum Gasteiger partial charge on any atom is 0.326 e. The van der Waals surface area contributed by atoms with Crippen LogP contribution in [-0.2, 0) is 14.8 Å². The van der Waals surface area contributed by atoms with Crippen molar-refractivity contribution in [1.82, 2.24) is 9.62 Å². The molecule has 1 aromatic rings. The number of benzene rings is 1. The zero-order valence-electron chi connectivity index (χ0n) is 15.0. The molecule has 140 valence electrons. The number of hydrogen-bond donors (Lipinski definition) is 2. The largest absolute Gasteiger partial charge is 0.480 e. The molecule has 7 nitrogen and oxygen atoms in total. The predicted molar refractivity (Wildman–Crippen MR) is 94.9 cm³/mol. The molecule has 0 aliphatic heterocycles. The van der Waals surface area contributed by atoms with E-state index in [1.165, 1.54) is 28.6 Å². The number of sulfonamides is 1. The fourth-order valence-electron chi connectivity index (χ4n) is 2.43. The zero-order chi connectivity index (χ0) is 19.2. The van der Waals surface area contributed by atoms with E-state index in [2.05, 4.69) is 5.32 Å². The lowest BCUT2D eigenvalue weighted by Crippen LogP contribution is -2.41. The fraction of sp³-hybridized carbons (Fsp3) is 0.529. The number of carbonyl (C=O) groups is 2. The first-order valence-electron chi connectivity index (χ1n) is 8.27. The van der Waals surface area contributed by atoms with Crippen molar-refractivity contribution in [1.29, 1.82) is 0 Å². The van der Waals surface area contributed by atoms with E-state index in [1.807, 2.05) is 13.8 Å². The van der Waals surface area contributed by atoms with E-state index in [4.69, 9.17) is 0 Å². The Kier molecular flexibility index (Phi) is 7.57. The van der Waals surface area contributed by atoms with E-state index in [1.54, 1.807) is 13.8 Å². The molecule has 0 aromatic heterocycles. The minimum atomic E-state index is -3.59. The highest BCUT2D eigenvalue weighted by Crippen LogP contribution is 2.16. The Morgan fingerprint density at radius 2 is 1.64 bits per heavy atom. The third-order valence-corrected chi connectivity index (χ3v) is 5.83. The molecule has 0 aliphatic carbocycles. The topological polar surface area (TPSA) is 104 Å². The second-order valence-electron chi connectivity index (χ2n) is 6.11. The summed E-state index contributed by atoms with van der Waals surface area (Å²) in [6, 6.07) is 4.52. The summed E-state index contributed by atoms with van der Waals surface area (Å²) in [6.07, 6.45) is 0.315. The van der Waals surface area contributed by atoms with Gasteiger partial charge in [-0.25, -0.2) is 13.2 Å². The number of amides is 1. The average Bonchev–Trinajstić information content (AvgIpc) is 2.54. The summed E-state index contributed by atoms with van der Waals surface area (Å²) >= 11 is 0. The Balaban J connectivity index is 2.95. The summed E-state index contributed by atoms with van der Waals surface area (Å²) in [5.41, 5.74) is 0.216. The minimum Gasteiger partial charge on any atom is -0.480 e. The van der Waals surface area contributed by atoms with Crippen molar-refractivity contribution >= 4 is 21.9 Å². The zero-order valence-corrected chi connectivity index (χ0v) is 15.8. The van der Waals surface area contributed by atoms with Gasteiger partial charge in [0.2, 0.25) is 10.0 Å². The Hall–Kier alpha value is -1.93. The number of carboxylic acid groups (broad SMARTS) is 1. The molecule has 0 unspecified atom stereocenters.